The largest absolute Gasteiger partial charge is 0.288 e. The summed E-state index contributed by atoms with van der Waals surface area (Å²) in [6.07, 6.45) is 2.34. The van der Waals surface area contributed by atoms with E-state index in [9.17, 15) is 4.79 Å². The van der Waals surface area contributed by atoms with Crippen LogP contribution in [0.2, 0.25) is 0 Å². The first-order chi connectivity index (χ1) is 8.20. The predicted molar refractivity (Wildman–Crippen MR) is 65.4 cm³/mol. The fourth-order valence-electron chi connectivity index (χ4n) is 1.65. The van der Waals surface area contributed by atoms with Crippen molar-refractivity contribution in [1.29, 1.82) is 0 Å². The number of benzene rings is 1. The summed E-state index contributed by atoms with van der Waals surface area (Å²) in [4.78, 5) is 15.7. The number of rotatable bonds is 3. The molecular formula is C12H12N2O2S. The normalized spacial score (nSPS) is 10.2. The lowest BCUT2D eigenvalue weighted by molar-refractivity contribution is 0.0705. The molecule has 0 unspecified atom stereocenters. The molecule has 88 valence electrons. The lowest BCUT2D eigenvalue weighted by Crippen LogP contribution is -2.20. The molecule has 2 aromatic rings. The molecule has 0 bridgehead atoms. The molecule has 5 heteroatoms. The molecular weight excluding hydrogens is 236 g/mol. The smallest absolute Gasteiger partial charge is 0.274 e. The number of nitrogens with zero attached hydrogens (tertiary/aromatic N) is 1. The van der Waals surface area contributed by atoms with E-state index >= 15 is 0 Å². The maximum absolute atomic E-state index is 11.5. The van der Waals surface area contributed by atoms with Gasteiger partial charge in [-0.05, 0) is 18.6 Å². The van der Waals surface area contributed by atoms with Gasteiger partial charge in [-0.25, -0.2) is 10.5 Å². The van der Waals surface area contributed by atoms with Gasteiger partial charge in [-0.15, -0.1) is 11.3 Å². The molecule has 2 rings (SSSR count). The highest BCUT2D eigenvalue weighted by molar-refractivity contribution is 7.09. The van der Waals surface area contributed by atoms with Crippen LogP contribution in [0.25, 0.3) is 0 Å². The van der Waals surface area contributed by atoms with Gasteiger partial charge < -0.3 is 0 Å². The highest BCUT2D eigenvalue weighted by atomic mass is 32.1. The van der Waals surface area contributed by atoms with Crippen LogP contribution < -0.4 is 5.48 Å². The fourth-order valence-corrected chi connectivity index (χ4v) is 2.29. The Balaban J connectivity index is 2.36. The molecule has 1 aromatic carbocycles. The average molecular weight is 248 g/mol. The maximum atomic E-state index is 11.5. The van der Waals surface area contributed by atoms with Crippen LogP contribution >= 0.6 is 11.3 Å². The molecule has 4 nitrogen and oxygen atoms in total. The van der Waals surface area contributed by atoms with Gasteiger partial charge in [0.2, 0.25) is 0 Å². The Bertz CT molecular complexity index is 523. The Kier molecular flexibility index (Phi) is 3.51. The number of amides is 1. The Hall–Kier alpha value is -1.72. The molecule has 0 saturated heterocycles. The number of hydrogen-bond acceptors (Lipinski definition) is 4. The topological polar surface area (TPSA) is 62.2 Å². The van der Waals surface area contributed by atoms with Gasteiger partial charge in [-0.3, -0.25) is 10.0 Å². The lowest BCUT2D eigenvalue weighted by atomic mass is 10.0. The van der Waals surface area contributed by atoms with Gasteiger partial charge in [0, 0.05) is 23.6 Å². The highest BCUT2D eigenvalue weighted by Crippen LogP contribution is 2.17. The second kappa shape index (κ2) is 5.07. The SMILES string of the molecule is Cc1ccc(C(=O)NO)c(Cc2nccs2)c1. The summed E-state index contributed by atoms with van der Waals surface area (Å²) in [6, 6.07) is 5.49. The minimum absolute atomic E-state index is 0.480. The van der Waals surface area contributed by atoms with Crippen LogP contribution in [0, 0.1) is 6.92 Å². The van der Waals surface area contributed by atoms with Crippen molar-refractivity contribution in [3.8, 4) is 0 Å². The van der Waals surface area contributed by atoms with Crippen LogP contribution in [0.15, 0.2) is 29.8 Å². The van der Waals surface area contributed by atoms with Gasteiger partial charge in [-0.2, -0.15) is 0 Å². The number of hydrogen-bond donors (Lipinski definition) is 2. The molecule has 0 aliphatic heterocycles. The molecule has 1 heterocycles. The summed E-state index contributed by atoms with van der Waals surface area (Å²) in [5.41, 5.74) is 4.09. The number of aryl methyl sites for hydroxylation is 1. The number of carbonyl (C=O) groups excluding carboxylic acids is 1. The Morgan fingerprint density at radius 3 is 3.00 bits per heavy atom. The van der Waals surface area contributed by atoms with Crippen molar-refractivity contribution in [3.63, 3.8) is 0 Å². The third-order valence-corrected chi connectivity index (χ3v) is 3.21. The molecule has 2 N–H and O–H groups in total. The average Bonchev–Trinajstić information content (AvgIpc) is 2.81. The fraction of sp³-hybridized carbons (Fsp3) is 0.167. The van der Waals surface area contributed by atoms with Gasteiger partial charge in [0.15, 0.2) is 0 Å². The summed E-state index contributed by atoms with van der Waals surface area (Å²) < 4.78 is 0. The van der Waals surface area contributed by atoms with E-state index in [1.807, 2.05) is 24.4 Å². The van der Waals surface area contributed by atoms with E-state index in [-0.39, 0.29) is 0 Å². The predicted octanol–water partition coefficient (Wildman–Crippen LogP) is 2.16. The standard InChI is InChI=1S/C12H12N2O2S/c1-8-2-3-10(12(15)14-16)9(6-8)7-11-13-4-5-17-11/h2-6,16H,7H2,1H3,(H,14,15). The molecule has 0 atom stereocenters. The van der Waals surface area contributed by atoms with Crippen molar-refractivity contribution in [2.24, 2.45) is 0 Å². The second-order valence-corrected chi connectivity index (χ2v) is 4.68. The first-order valence-corrected chi connectivity index (χ1v) is 6.01. The van der Waals surface area contributed by atoms with Gasteiger partial charge in [0.25, 0.3) is 5.91 Å². The summed E-state index contributed by atoms with van der Waals surface area (Å²) in [6.45, 7) is 1.96. The number of carbonyl (C=O) groups is 1. The third kappa shape index (κ3) is 2.69. The van der Waals surface area contributed by atoms with Crippen LogP contribution in [0.5, 0.6) is 0 Å². The molecule has 17 heavy (non-hydrogen) atoms. The van der Waals surface area contributed by atoms with E-state index in [0.717, 1.165) is 16.1 Å². The molecule has 0 fully saturated rings. The van der Waals surface area contributed by atoms with E-state index in [4.69, 9.17) is 5.21 Å². The Morgan fingerprint density at radius 1 is 1.53 bits per heavy atom. The Morgan fingerprint density at radius 2 is 2.35 bits per heavy atom. The molecule has 0 aliphatic rings. The molecule has 0 aliphatic carbocycles. The maximum Gasteiger partial charge on any atom is 0.274 e. The van der Waals surface area contributed by atoms with Crippen LogP contribution in [-0.4, -0.2) is 16.1 Å². The quantitative estimate of drug-likeness (QED) is 0.646. The summed E-state index contributed by atoms with van der Waals surface area (Å²) in [5, 5.41) is 11.5. The van der Waals surface area contributed by atoms with Crippen molar-refractivity contribution in [2.45, 2.75) is 13.3 Å². The first-order valence-electron chi connectivity index (χ1n) is 5.13. The number of nitrogens with one attached hydrogen (secondary N) is 1. The third-order valence-electron chi connectivity index (χ3n) is 2.43. The Labute approximate surface area is 103 Å². The molecule has 0 spiro atoms. The summed E-state index contributed by atoms with van der Waals surface area (Å²) in [7, 11) is 0. The van der Waals surface area contributed by atoms with Crippen molar-refractivity contribution in [2.75, 3.05) is 0 Å². The second-order valence-electron chi connectivity index (χ2n) is 3.70. The van der Waals surface area contributed by atoms with E-state index in [1.165, 1.54) is 0 Å². The zero-order valence-corrected chi connectivity index (χ0v) is 10.1. The van der Waals surface area contributed by atoms with Gasteiger partial charge in [0.05, 0.1) is 5.01 Å². The summed E-state index contributed by atoms with van der Waals surface area (Å²) in [5.74, 6) is -0.489. The van der Waals surface area contributed by atoms with Crippen molar-refractivity contribution >= 4 is 17.2 Å². The zero-order valence-electron chi connectivity index (χ0n) is 9.30. The molecule has 0 saturated carbocycles. The highest BCUT2D eigenvalue weighted by Gasteiger charge is 2.12. The van der Waals surface area contributed by atoms with Crippen molar-refractivity contribution in [3.05, 3.63) is 51.5 Å². The van der Waals surface area contributed by atoms with E-state index in [2.05, 4.69) is 4.98 Å². The number of aromatic nitrogens is 1. The zero-order chi connectivity index (χ0) is 12.3. The van der Waals surface area contributed by atoms with E-state index in [1.54, 1.807) is 29.1 Å². The first kappa shape index (κ1) is 11.8. The van der Waals surface area contributed by atoms with Crippen LogP contribution in [0.3, 0.4) is 0 Å². The van der Waals surface area contributed by atoms with Crippen LogP contribution in [0.4, 0.5) is 0 Å². The van der Waals surface area contributed by atoms with Crippen molar-refractivity contribution in [1.82, 2.24) is 10.5 Å². The van der Waals surface area contributed by atoms with Gasteiger partial charge in [-0.1, -0.05) is 17.7 Å². The van der Waals surface area contributed by atoms with E-state index in [0.29, 0.717) is 12.0 Å². The minimum atomic E-state index is -0.489. The van der Waals surface area contributed by atoms with Gasteiger partial charge in [0.1, 0.15) is 0 Å². The monoisotopic (exact) mass is 248 g/mol. The van der Waals surface area contributed by atoms with Crippen molar-refractivity contribution < 1.29 is 10.0 Å². The number of hydroxylamine groups is 1. The minimum Gasteiger partial charge on any atom is -0.288 e. The van der Waals surface area contributed by atoms with E-state index < -0.39 is 5.91 Å². The molecule has 1 amide bonds. The summed E-state index contributed by atoms with van der Waals surface area (Å²) >= 11 is 1.55. The lowest BCUT2D eigenvalue weighted by Gasteiger charge is -2.07. The van der Waals surface area contributed by atoms with Crippen LogP contribution in [0.1, 0.15) is 26.5 Å². The molecule has 1 aromatic heterocycles. The molecule has 0 radical (unpaired) electrons. The van der Waals surface area contributed by atoms with Crippen LogP contribution in [-0.2, 0) is 6.42 Å². The number of thiazole rings is 1. The van der Waals surface area contributed by atoms with Gasteiger partial charge >= 0.3 is 0 Å².